The molecule has 0 aliphatic heterocycles. The largest absolute Gasteiger partial charge is 0.317 e. The lowest BCUT2D eigenvalue weighted by atomic mass is 9.52. The van der Waals surface area contributed by atoms with Crippen molar-refractivity contribution < 1.29 is 0 Å². The van der Waals surface area contributed by atoms with Gasteiger partial charge in [0.15, 0.2) is 0 Å². The topological polar surface area (TPSA) is 48.1 Å². The van der Waals surface area contributed by atoms with Crippen LogP contribution in [0.1, 0.15) is 71.1 Å². The minimum Gasteiger partial charge on any atom is -0.317 e. The molecular weight excluding hydrogens is 368 g/mol. The van der Waals surface area contributed by atoms with Crippen LogP contribution in [0.3, 0.4) is 0 Å². The quantitative estimate of drug-likeness (QED) is 0.272. The third kappa shape index (κ3) is 6.92. The van der Waals surface area contributed by atoms with Crippen LogP contribution in [0.5, 0.6) is 0 Å². The Morgan fingerprint density at radius 2 is 1.00 bits per heavy atom. The Kier molecular flexibility index (Phi) is 9.34. The van der Waals surface area contributed by atoms with Gasteiger partial charge in [-0.05, 0) is 158 Å². The van der Waals surface area contributed by atoms with Crippen molar-refractivity contribution in [2.45, 2.75) is 71.1 Å². The molecule has 0 radical (unpaired) electrons. The first-order valence-corrected chi connectivity index (χ1v) is 13.7. The Morgan fingerprint density at radius 3 is 1.50 bits per heavy atom. The number of rotatable bonds is 17. The second-order valence-electron chi connectivity index (χ2n) is 11.2. The van der Waals surface area contributed by atoms with E-state index in [0.717, 1.165) is 48.0 Å². The Bertz CT molecular complexity index is 454. The molecule has 0 aromatic rings. The normalized spacial score (nSPS) is 36.5. The van der Waals surface area contributed by atoms with Crippen molar-refractivity contribution in [1.82, 2.24) is 21.3 Å². The van der Waals surface area contributed by atoms with Crippen molar-refractivity contribution in [3.05, 3.63) is 0 Å². The molecule has 0 aromatic heterocycles. The van der Waals surface area contributed by atoms with Gasteiger partial charge in [0.05, 0.1) is 0 Å². The van der Waals surface area contributed by atoms with Gasteiger partial charge in [-0.3, -0.25) is 0 Å². The van der Waals surface area contributed by atoms with Gasteiger partial charge in [0.2, 0.25) is 0 Å². The lowest BCUT2D eigenvalue weighted by Gasteiger charge is -2.54. The summed E-state index contributed by atoms with van der Waals surface area (Å²) in [5, 5.41) is 14.6. The summed E-state index contributed by atoms with van der Waals surface area (Å²) in [6.07, 6.45) is 14.6. The molecule has 0 spiro atoms. The molecule has 5 aliphatic carbocycles. The number of nitrogens with one attached hydrogen (secondary N) is 4. The Labute approximate surface area is 186 Å². The third-order valence-electron chi connectivity index (χ3n) is 8.85. The molecule has 5 saturated carbocycles. The minimum atomic E-state index is 0.939. The van der Waals surface area contributed by atoms with E-state index in [1.54, 1.807) is 32.1 Å². The second-order valence-corrected chi connectivity index (χ2v) is 11.2. The molecule has 5 fully saturated rings. The van der Waals surface area contributed by atoms with Crippen LogP contribution < -0.4 is 21.3 Å². The fourth-order valence-electron chi connectivity index (χ4n) is 7.20. The highest BCUT2D eigenvalue weighted by molar-refractivity contribution is 4.98. The molecule has 0 heterocycles. The van der Waals surface area contributed by atoms with Crippen LogP contribution in [0.25, 0.3) is 0 Å². The zero-order valence-electron chi connectivity index (χ0n) is 19.8. The van der Waals surface area contributed by atoms with Crippen LogP contribution in [0.2, 0.25) is 0 Å². The van der Waals surface area contributed by atoms with Gasteiger partial charge in [-0.25, -0.2) is 0 Å². The molecule has 174 valence electrons. The molecule has 0 saturated heterocycles. The first-order valence-electron chi connectivity index (χ1n) is 13.7. The Balaban J connectivity index is 0.916. The summed E-state index contributed by atoms with van der Waals surface area (Å²) in [7, 11) is 0. The SMILES string of the molecule is CCNCCCCNC[C@H]1C[C@@H]1CNCCCCNCC1C2CC3CC(C2)CC1C3. The molecule has 2 atom stereocenters. The first-order chi connectivity index (χ1) is 14.8. The van der Waals surface area contributed by atoms with Crippen molar-refractivity contribution in [1.29, 1.82) is 0 Å². The Morgan fingerprint density at radius 1 is 0.533 bits per heavy atom. The van der Waals surface area contributed by atoms with Gasteiger partial charge in [0.1, 0.15) is 0 Å². The molecule has 5 aliphatic rings. The van der Waals surface area contributed by atoms with Gasteiger partial charge in [-0.2, -0.15) is 0 Å². The highest BCUT2D eigenvalue weighted by atomic mass is 14.9. The summed E-state index contributed by atoms with van der Waals surface area (Å²) in [6.45, 7) is 11.9. The molecule has 5 rings (SSSR count). The van der Waals surface area contributed by atoms with E-state index < -0.39 is 0 Å². The maximum atomic E-state index is 3.84. The molecule has 4 nitrogen and oxygen atoms in total. The molecule has 0 amide bonds. The summed E-state index contributed by atoms with van der Waals surface area (Å²) >= 11 is 0. The number of unbranched alkanes of at least 4 members (excludes halogenated alkanes) is 2. The van der Waals surface area contributed by atoms with Gasteiger partial charge >= 0.3 is 0 Å². The van der Waals surface area contributed by atoms with E-state index >= 15 is 0 Å². The van der Waals surface area contributed by atoms with Gasteiger partial charge in [-0.15, -0.1) is 0 Å². The van der Waals surface area contributed by atoms with E-state index in [1.807, 2.05) is 0 Å². The van der Waals surface area contributed by atoms with E-state index in [0.29, 0.717) is 0 Å². The van der Waals surface area contributed by atoms with Crippen LogP contribution in [0.15, 0.2) is 0 Å². The lowest BCUT2D eigenvalue weighted by Crippen LogP contribution is -2.48. The van der Waals surface area contributed by atoms with Gasteiger partial charge in [-0.1, -0.05) is 6.92 Å². The first kappa shape index (κ1) is 23.0. The van der Waals surface area contributed by atoms with E-state index in [1.165, 1.54) is 77.9 Å². The van der Waals surface area contributed by atoms with E-state index in [9.17, 15) is 0 Å². The van der Waals surface area contributed by atoms with Crippen LogP contribution in [0, 0.1) is 41.4 Å². The summed E-state index contributed by atoms with van der Waals surface area (Å²) in [5.41, 5.74) is 0. The Hall–Kier alpha value is -0.160. The van der Waals surface area contributed by atoms with Gasteiger partial charge < -0.3 is 21.3 Å². The van der Waals surface area contributed by atoms with Crippen molar-refractivity contribution in [3.63, 3.8) is 0 Å². The summed E-state index contributed by atoms with van der Waals surface area (Å²) in [4.78, 5) is 0. The predicted molar refractivity (Wildman–Crippen MR) is 128 cm³/mol. The summed E-state index contributed by atoms with van der Waals surface area (Å²) in [6, 6.07) is 0. The maximum Gasteiger partial charge on any atom is -0.00152 e. The fourth-order valence-corrected chi connectivity index (χ4v) is 7.20. The van der Waals surface area contributed by atoms with Crippen LogP contribution in [-0.4, -0.2) is 52.4 Å². The molecule has 4 N–H and O–H groups in total. The monoisotopic (exact) mass is 418 g/mol. The average molecular weight is 419 g/mol. The second kappa shape index (κ2) is 12.2. The highest BCUT2D eigenvalue weighted by Gasteiger charge is 2.47. The van der Waals surface area contributed by atoms with Gasteiger partial charge in [0, 0.05) is 0 Å². The molecular formula is C26H50N4. The molecule has 30 heavy (non-hydrogen) atoms. The maximum absolute atomic E-state index is 3.84. The van der Waals surface area contributed by atoms with E-state index in [-0.39, 0.29) is 0 Å². The van der Waals surface area contributed by atoms with Crippen molar-refractivity contribution >= 4 is 0 Å². The zero-order chi connectivity index (χ0) is 20.6. The lowest BCUT2D eigenvalue weighted by molar-refractivity contribution is -0.0353. The standard InChI is InChI=1S/C26H50N4/c1-2-27-7-3-4-8-28-17-24-16-25(24)18-29-9-5-6-10-30-19-26-22-12-20-11-21(14-22)15-23(26)13-20/h20-30H,2-19H2,1H3/t20?,21?,22?,23?,24-,25-,26?/m1/s1. The van der Waals surface area contributed by atoms with Crippen LogP contribution >= 0.6 is 0 Å². The predicted octanol–water partition coefficient (Wildman–Crippen LogP) is 3.63. The van der Waals surface area contributed by atoms with E-state index in [4.69, 9.17) is 0 Å². The van der Waals surface area contributed by atoms with Crippen molar-refractivity contribution in [3.8, 4) is 0 Å². The average Bonchev–Trinajstić information content (AvgIpc) is 3.48. The third-order valence-corrected chi connectivity index (χ3v) is 8.85. The molecule has 0 unspecified atom stereocenters. The summed E-state index contributed by atoms with van der Waals surface area (Å²) in [5.74, 6) is 7.28. The highest BCUT2D eigenvalue weighted by Crippen LogP contribution is 2.56. The summed E-state index contributed by atoms with van der Waals surface area (Å²) < 4.78 is 0. The van der Waals surface area contributed by atoms with Crippen molar-refractivity contribution in [2.75, 3.05) is 52.4 Å². The van der Waals surface area contributed by atoms with Crippen LogP contribution in [-0.2, 0) is 0 Å². The minimum absolute atomic E-state index is 0.939. The number of hydrogen-bond acceptors (Lipinski definition) is 4. The van der Waals surface area contributed by atoms with Crippen LogP contribution in [0.4, 0.5) is 0 Å². The molecule has 4 heteroatoms. The molecule has 0 aromatic carbocycles. The zero-order valence-corrected chi connectivity index (χ0v) is 19.8. The number of hydrogen-bond donors (Lipinski definition) is 4. The van der Waals surface area contributed by atoms with Gasteiger partial charge in [0.25, 0.3) is 0 Å². The molecule has 4 bridgehead atoms. The van der Waals surface area contributed by atoms with Crippen molar-refractivity contribution in [2.24, 2.45) is 41.4 Å². The smallest absolute Gasteiger partial charge is 0.00152 e. The fraction of sp³-hybridized carbons (Fsp3) is 1.00. The van der Waals surface area contributed by atoms with E-state index in [2.05, 4.69) is 28.2 Å².